The van der Waals surface area contributed by atoms with Crippen LogP contribution >= 0.6 is 15.9 Å². The molecule has 1 aromatic heterocycles. The monoisotopic (exact) mass is 489 g/mol. The maximum Gasteiger partial charge on any atom is 0.339 e. The Balaban J connectivity index is 1.60. The Morgan fingerprint density at radius 3 is 2.52 bits per heavy atom. The number of esters is 1. The summed E-state index contributed by atoms with van der Waals surface area (Å²) in [6.45, 7) is 3.04. The van der Waals surface area contributed by atoms with E-state index in [2.05, 4.69) is 31.4 Å². The molecule has 10 heteroatoms. The van der Waals surface area contributed by atoms with Crippen LogP contribution in [-0.4, -0.2) is 35.8 Å². The standard InChI is InChI=1S/C21H20BrN3O6/c1-12(20-25-24-13(2)31-20)30-21(27)14-4-9-17(18(10-14)28-3)29-11-19(26)23-16-7-5-15(22)6-8-16/h4-10,12H,11H2,1-3H3,(H,23,26). The van der Waals surface area contributed by atoms with E-state index in [1.807, 2.05) is 12.1 Å². The lowest BCUT2D eigenvalue weighted by Crippen LogP contribution is -2.20. The van der Waals surface area contributed by atoms with E-state index in [1.54, 1.807) is 26.0 Å². The minimum atomic E-state index is -0.710. The van der Waals surface area contributed by atoms with E-state index in [-0.39, 0.29) is 29.7 Å². The molecule has 0 spiro atoms. The van der Waals surface area contributed by atoms with Crippen LogP contribution in [0.4, 0.5) is 5.69 Å². The Bertz CT molecular complexity index is 1070. The van der Waals surface area contributed by atoms with Crippen molar-refractivity contribution in [1.29, 1.82) is 0 Å². The Morgan fingerprint density at radius 2 is 1.87 bits per heavy atom. The number of nitrogens with zero attached hydrogens (tertiary/aromatic N) is 2. The van der Waals surface area contributed by atoms with Crippen molar-refractivity contribution in [2.24, 2.45) is 0 Å². The molecule has 162 valence electrons. The molecule has 0 aliphatic heterocycles. The number of hydrogen-bond donors (Lipinski definition) is 1. The second-order valence-electron chi connectivity index (χ2n) is 6.42. The highest BCUT2D eigenvalue weighted by Gasteiger charge is 2.20. The summed E-state index contributed by atoms with van der Waals surface area (Å²) in [5.41, 5.74) is 0.888. The van der Waals surface area contributed by atoms with Gasteiger partial charge in [0.25, 0.3) is 11.8 Å². The van der Waals surface area contributed by atoms with Crippen LogP contribution in [0.25, 0.3) is 0 Å². The van der Waals surface area contributed by atoms with E-state index in [4.69, 9.17) is 18.6 Å². The van der Waals surface area contributed by atoms with Gasteiger partial charge in [-0.3, -0.25) is 4.79 Å². The van der Waals surface area contributed by atoms with E-state index in [1.165, 1.54) is 25.3 Å². The highest BCUT2D eigenvalue weighted by Crippen LogP contribution is 2.29. The zero-order chi connectivity index (χ0) is 22.4. The number of amides is 1. The Hall–Kier alpha value is -3.40. The van der Waals surface area contributed by atoms with Crippen LogP contribution in [0.2, 0.25) is 0 Å². The number of rotatable bonds is 8. The Labute approximate surface area is 186 Å². The number of halogens is 1. The van der Waals surface area contributed by atoms with Gasteiger partial charge >= 0.3 is 5.97 Å². The van der Waals surface area contributed by atoms with Gasteiger partial charge < -0.3 is 23.9 Å². The molecule has 0 aliphatic carbocycles. The number of hydrogen-bond acceptors (Lipinski definition) is 8. The summed E-state index contributed by atoms with van der Waals surface area (Å²) in [6.07, 6.45) is -0.710. The average molecular weight is 490 g/mol. The Kier molecular flexibility index (Phi) is 7.24. The SMILES string of the molecule is COc1cc(C(=O)OC(C)c2nnc(C)o2)ccc1OCC(=O)Nc1ccc(Br)cc1. The molecule has 1 unspecified atom stereocenters. The van der Waals surface area contributed by atoms with Gasteiger partial charge in [-0.15, -0.1) is 10.2 Å². The van der Waals surface area contributed by atoms with Crippen molar-refractivity contribution in [3.63, 3.8) is 0 Å². The quantitative estimate of drug-likeness (QED) is 0.470. The van der Waals surface area contributed by atoms with Crippen LogP contribution in [0.15, 0.2) is 51.4 Å². The normalized spacial score (nSPS) is 11.5. The van der Waals surface area contributed by atoms with Gasteiger partial charge in [0.15, 0.2) is 24.2 Å². The third kappa shape index (κ3) is 6.05. The van der Waals surface area contributed by atoms with Gasteiger partial charge in [-0.05, 0) is 49.4 Å². The molecular weight excluding hydrogens is 470 g/mol. The molecule has 0 saturated carbocycles. The number of anilines is 1. The lowest BCUT2D eigenvalue weighted by molar-refractivity contribution is -0.118. The summed E-state index contributed by atoms with van der Waals surface area (Å²) in [7, 11) is 1.43. The van der Waals surface area contributed by atoms with Crippen molar-refractivity contribution in [2.75, 3.05) is 19.0 Å². The summed E-state index contributed by atoms with van der Waals surface area (Å²) in [4.78, 5) is 24.6. The van der Waals surface area contributed by atoms with Crippen LogP contribution in [0.1, 0.15) is 35.2 Å². The van der Waals surface area contributed by atoms with Crippen molar-refractivity contribution >= 4 is 33.5 Å². The molecule has 1 atom stereocenters. The number of methoxy groups -OCH3 is 1. The minimum Gasteiger partial charge on any atom is -0.493 e. The summed E-state index contributed by atoms with van der Waals surface area (Å²) in [5, 5.41) is 10.3. The van der Waals surface area contributed by atoms with Gasteiger partial charge in [-0.25, -0.2) is 4.79 Å². The third-order valence-electron chi connectivity index (χ3n) is 4.06. The van der Waals surface area contributed by atoms with Crippen molar-refractivity contribution < 1.29 is 28.2 Å². The number of benzene rings is 2. The zero-order valence-electron chi connectivity index (χ0n) is 17.0. The van der Waals surface area contributed by atoms with Crippen LogP contribution in [0.3, 0.4) is 0 Å². The fourth-order valence-corrected chi connectivity index (χ4v) is 2.81. The summed E-state index contributed by atoms with van der Waals surface area (Å²) in [6, 6.07) is 11.7. The van der Waals surface area contributed by atoms with Crippen LogP contribution in [-0.2, 0) is 9.53 Å². The first kappa shape index (κ1) is 22.3. The molecule has 0 bridgehead atoms. The number of aromatic nitrogens is 2. The number of carbonyl (C=O) groups is 2. The first-order valence-electron chi connectivity index (χ1n) is 9.23. The van der Waals surface area contributed by atoms with Crippen molar-refractivity contribution in [1.82, 2.24) is 10.2 Å². The maximum atomic E-state index is 12.4. The summed E-state index contributed by atoms with van der Waals surface area (Å²) < 4.78 is 22.3. The van der Waals surface area contributed by atoms with Crippen LogP contribution in [0, 0.1) is 6.92 Å². The topological polar surface area (TPSA) is 113 Å². The van der Waals surface area contributed by atoms with Gasteiger partial charge in [-0.1, -0.05) is 15.9 Å². The van der Waals surface area contributed by atoms with Gasteiger partial charge in [0.2, 0.25) is 5.89 Å². The van der Waals surface area contributed by atoms with E-state index in [9.17, 15) is 9.59 Å². The highest BCUT2D eigenvalue weighted by atomic mass is 79.9. The first-order chi connectivity index (χ1) is 14.9. The molecule has 1 heterocycles. The number of nitrogens with one attached hydrogen (secondary N) is 1. The van der Waals surface area contributed by atoms with E-state index < -0.39 is 12.1 Å². The van der Waals surface area contributed by atoms with Crippen LogP contribution < -0.4 is 14.8 Å². The molecule has 31 heavy (non-hydrogen) atoms. The summed E-state index contributed by atoms with van der Waals surface area (Å²) >= 11 is 3.34. The van der Waals surface area contributed by atoms with Gasteiger partial charge in [0.05, 0.1) is 12.7 Å². The number of carbonyl (C=O) groups excluding carboxylic acids is 2. The molecule has 0 radical (unpaired) electrons. The Morgan fingerprint density at radius 1 is 1.13 bits per heavy atom. The molecule has 0 aliphatic rings. The lowest BCUT2D eigenvalue weighted by atomic mass is 10.2. The molecule has 0 fully saturated rings. The van der Waals surface area contributed by atoms with Gasteiger partial charge in [-0.2, -0.15) is 0 Å². The molecule has 9 nitrogen and oxygen atoms in total. The second-order valence-corrected chi connectivity index (χ2v) is 7.33. The number of ether oxygens (including phenoxy) is 3. The van der Waals surface area contributed by atoms with Gasteiger partial charge in [0.1, 0.15) is 0 Å². The fourth-order valence-electron chi connectivity index (χ4n) is 2.54. The zero-order valence-corrected chi connectivity index (χ0v) is 18.6. The summed E-state index contributed by atoms with van der Waals surface area (Å²) in [5.74, 6) is 0.246. The molecule has 3 rings (SSSR count). The van der Waals surface area contributed by atoms with Crippen LogP contribution in [0.5, 0.6) is 11.5 Å². The molecule has 3 aromatic rings. The van der Waals surface area contributed by atoms with E-state index in [0.29, 0.717) is 17.3 Å². The van der Waals surface area contributed by atoms with Crippen molar-refractivity contribution in [3.8, 4) is 11.5 Å². The van der Waals surface area contributed by atoms with Crippen molar-refractivity contribution in [2.45, 2.75) is 20.0 Å². The van der Waals surface area contributed by atoms with E-state index >= 15 is 0 Å². The third-order valence-corrected chi connectivity index (χ3v) is 4.59. The highest BCUT2D eigenvalue weighted by molar-refractivity contribution is 9.10. The number of aryl methyl sites for hydroxylation is 1. The predicted octanol–water partition coefficient (Wildman–Crippen LogP) is 4.08. The lowest BCUT2D eigenvalue weighted by Gasteiger charge is -2.13. The maximum absolute atomic E-state index is 12.4. The molecule has 0 saturated heterocycles. The molecular formula is C21H20BrN3O6. The first-order valence-corrected chi connectivity index (χ1v) is 10.0. The molecule has 2 aromatic carbocycles. The largest absolute Gasteiger partial charge is 0.493 e. The van der Waals surface area contributed by atoms with Gasteiger partial charge in [0, 0.05) is 17.1 Å². The molecule has 1 N–H and O–H groups in total. The minimum absolute atomic E-state index is 0.203. The smallest absolute Gasteiger partial charge is 0.339 e. The van der Waals surface area contributed by atoms with Crippen molar-refractivity contribution in [3.05, 3.63) is 64.3 Å². The fraction of sp³-hybridized carbons (Fsp3) is 0.238. The van der Waals surface area contributed by atoms with E-state index in [0.717, 1.165) is 4.47 Å². The second kappa shape index (κ2) is 10.1. The average Bonchev–Trinajstić information content (AvgIpc) is 3.20. The molecule has 1 amide bonds. The predicted molar refractivity (Wildman–Crippen MR) is 114 cm³/mol.